The van der Waals surface area contributed by atoms with Crippen molar-refractivity contribution < 1.29 is 0 Å². The van der Waals surface area contributed by atoms with Gasteiger partial charge in [-0.3, -0.25) is 0 Å². The average Bonchev–Trinajstić information content (AvgIpc) is 2.51. The Morgan fingerprint density at radius 3 is 1.96 bits per heavy atom. The highest BCUT2D eigenvalue weighted by molar-refractivity contribution is 6.13. The van der Waals surface area contributed by atoms with Crippen LogP contribution in [0.2, 0.25) is 0 Å². The third kappa shape index (κ3) is 2.21. The molecule has 0 radical (unpaired) electrons. The van der Waals surface area contributed by atoms with Crippen molar-refractivity contribution in [1.82, 2.24) is 0 Å². The molecule has 0 N–H and O–H groups in total. The van der Waals surface area contributed by atoms with Gasteiger partial charge in [0.1, 0.15) is 0 Å². The zero-order valence-electron chi connectivity index (χ0n) is 14.3. The molecule has 0 fully saturated rings. The van der Waals surface area contributed by atoms with Crippen molar-refractivity contribution in [3.05, 3.63) is 71.8 Å². The van der Waals surface area contributed by atoms with Crippen LogP contribution < -0.4 is 0 Å². The van der Waals surface area contributed by atoms with Gasteiger partial charge in [0.15, 0.2) is 0 Å². The van der Waals surface area contributed by atoms with Gasteiger partial charge in [-0.2, -0.15) is 0 Å². The van der Waals surface area contributed by atoms with Gasteiger partial charge in [0.25, 0.3) is 0 Å². The van der Waals surface area contributed by atoms with Gasteiger partial charge in [0.05, 0.1) is 0 Å². The highest BCUT2D eigenvalue weighted by Crippen LogP contribution is 2.38. The fourth-order valence-electron chi connectivity index (χ4n) is 3.91. The van der Waals surface area contributed by atoms with E-state index in [9.17, 15) is 0 Å². The molecular formula is C23H22. The number of fused-ring (bicyclic) bond motifs is 4. The molecule has 0 heterocycles. The molecule has 4 aromatic rings. The van der Waals surface area contributed by atoms with Crippen LogP contribution in [0.4, 0.5) is 0 Å². The monoisotopic (exact) mass is 298 g/mol. The van der Waals surface area contributed by atoms with Gasteiger partial charge in [-0.1, -0.05) is 69.3 Å². The Hall–Kier alpha value is -2.34. The molecule has 0 bridgehead atoms. The van der Waals surface area contributed by atoms with Crippen LogP contribution in [0.25, 0.3) is 32.3 Å². The van der Waals surface area contributed by atoms with Gasteiger partial charge in [-0.25, -0.2) is 0 Å². The highest BCUT2D eigenvalue weighted by Gasteiger charge is 2.20. The first-order valence-corrected chi connectivity index (χ1v) is 8.30. The summed E-state index contributed by atoms with van der Waals surface area (Å²) in [4.78, 5) is 0. The summed E-state index contributed by atoms with van der Waals surface area (Å²) in [5, 5.41) is 8.07. The zero-order valence-corrected chi connectivity index (χ0v) is 14.3. The van der Waals surface area contributed by atoms with E-state index in [1.165, 1.54) is 43.4 Å². The second-order valence-corrected chi connectivity index (χ2v) is 7.59. The van der Waals surface area contributed by atoms with E-state index in [0.29, 0.717) is 0 Å². The van der Waals surface area contributed by atoms with Crippen molar-refractivity contribution in [2.75, 3.05) is 0 Å². The largest absolute Gasteiger partial charge is 0.0616 e. The SMILES string of the molecule is Cc1ccc2ccc3cc4ccccc4cc3c2c1C(C)(C)C. The summed E-state index contributed by atoms with van der Waals surface area (Å²) in [6, 6.07) is 22.4. The summed E-state index contributed by atoms with van der Waals surface area (Å²) in [6.45, 7) is 9.18. The van der Waals surface area contributed by atoms with Gasteiger partial charge in [0, 0.05) is 0 Å². The second-order valence-electron chi connectivity index (χ2n) is 7.59. The van der Waals surface area contributed by atoms with E-state index < -0.39 is 0 Å². The predicted octanol–water partition coefficient (Wildman–Crippen LogP) is 6.75. The molecule has 0 nitrogen and oxygen atoms in total. The van der Waals surface area contributed by atoms with Crippen LogP contribution in [-0.2, 0) is 5.41 Å². The Bertz CT molecular complexity index is 1050. The molecule has 0 spiro atoms. The molecule has 0 saturated carbocycles. The van der Waals surface area contributed by atoms with Crippen molar-refractivity contribution in [2.45, 2.75) is 33.1 Å². The van der Waals surface area contributed by atoms with Gasteiger partial charge in [-0.05, 0) is 67.9 Å². The maximum absolute atomic E-state index is 2.36. The van der Waals surface area contributed by atoms with Crippen LogP contribution in [0.5, 0.6) is 0 Å². The molecule has 4 rings (SSSR count). The smallest absolute Gasteiger partial charge is 0.00651 e. The predicted molar refractivity (Wildman–Crippen MR) is 102 cm³/mol. The van der Waals surface area contributed by atoms with Crippen LogP contribution in [0, 0.1) is 6.92 Å². The highest BCUT2D eigenvalue weighted by atomic mass is 14.2. The van der Waals surface area contributed by atoms with Crippen molar-refractivity contribution in [1.29, 1.82) is 0 Å². The summed E-state index contributed by atoms with van der Waals surface area (Å²) in [5.41, 5.74) is 2.98. The third-order valence-electron chi connectivity index (χ3n) is 4.83. The number of hydrogen-bond acceptors (Lipinski definition) is 0. The molecule has 0 aliphatic heterocycles. The minimum atomic E-state index is 0.128. The molecule has 0 aliphatic rings. The zero-order chi connectivity index (χ0) is 16.2. The van der Waals surface area contributed by atoms with Gasteiger partial charge in [-0.15, -0.1) is 0 Å². The van der Waals surface area contributed by atoms with E-state index in [4.69, 9.17) is 0 Å². The lowest BCUT2D eigenvalue weighted by Gasteiger charge is -2.25. The maximum Gasteiger partial charge on any atom is -0.00651 e. The molecule has 0 atom stereocenters. The van der Waals surface area contributed by atoms with Crippen LogP contribution in [-0.4, -0.2) is 0 Å². The second kappa shape index (κ2) is 4.83. The Labute approximate surface area is 137 Å². The van der Waals surface area contributed by atoms with Crippen molar-refractivity contribution in [2.24, 2.45) is 0 Å². The Morgan fingerprint density at radius 1 is 0.652 bits per heavy atom. The Kier molecular flexibility index (Phi) is 2.99. The standard InChI is InChI=1S/C23H22/c1-15-9-10-16-11-12-19-13-17-7-5-6-8-18(17)14-20(19)21(16)22(15)23(2,3)4/h5-14H,1-4H3. The minimum Gasteiger partial charge on any atom is -0.0616 e. The molecule has 114 valence electrons. The van der Waals surface area contributed by atoms with E-state index in [2.05, 4.69) is 88.4 Å². The van der Waals surface area contributed by atoms with E-state index in [0.717, 1.165) is 0 Å². The number of rotatable bonds is 0. The Balaban J connectivity index is 2.27. The van der Waals surface area contributed by atoms with E-state index in [1.54, 1.807) is 0 Å². The van der Waals surface area contributed by atoms with Crippen LogP contribution >= 0.6 is 0 Å². The van der Waals surface area contributed by atoms with Gasteiger partial charge >= 0.3 is 0 Å². The molecule has 0 heteroatoms. The van der Waals surface area contributed by atoms with Crippen molar-refractivity contribution >= 4 is 32.3 Å². The lowest BCUT2D eigenvalue weighted by atomic mass is 9.79. The van der Waals surface area contributed by atoms with E-state index in [-0.39, 0.29) is 5.41 Å². The fourth-order valence-corrected chi connectivity index (χ4v) is 3.91. The lowest BCUT2D eigenvalue weighted by Crippen LogP contribution is -2.13. The van der Waals surface area contributed by atoms with Crippen molar-refractivity contribution in [3.63, 3.8) is 0 Å². The van der Waals surface area contributed by atoms with E-state index >= 15 is 0 Å². The first kappa shape index (κ1) is 14.3. The first-order valence-electron chi connectivity index (χ1n) is 8.30. The molecule has 23 heavy (non-hydrogen) atoms. The van der Waals surface area contributed by atoms with Crippen LogP contribution in [0.3, 0.4) is 0 Å². The molecular weight excluding hydrogens is 276 g/mol. The fraction of sp³-hybridized carbons (Fsp3) is 0.217. The summed E-state index contributed by atoms with van der Waals surface area (Å²) in [7, 11) is 0. The molecule has 0 unspecified atom stereocenters. The lowest BCUT2D eigenvalue weighted by molar-refractivity contribution is 0.592. The summed E-state index contributed by atoms with van der Waals surface area (Å²) < 4.78 is 0. The normalized spacial score (nSPS) is 12.3. The minimum absolute atomic E-state index is 0.128. The number of benzene rings is 4. The first-order chi connectivity index (χ1) is 10.9. The molecule has 0 saturated heterocycles. The van der Waals surface area contributed by atoms with Gasteiger partial charge < -0.3 is 0 Å². The average molecular weight is 298 g/mol. The summed E-state index contributed by atoms with van der Waals surface area (Å²) in [5.74, 6) is 0. The molecule has 0 amide bonds. The van der Waals surface area contributed by atoms with Crippen LogP contribution in [0.1, 0.15) is 31.9 Å². The topological polar surface area (TPSA) is 0 Å². The molecule has 0 aromatic heterocycles. The van der Waals surface area contributed by atoms with Gasteiger partial charge in [0.2, 0.25) is 0 Å². The van der Waals surface area contributed by atoms with Crippen LogP contribution in [0.15, 0.2) is 60.7 Å². The molecule has 0 aliphatic carbocycles. The maximum atomic E-state index is 2.36. The number of hydrogen-bond donors (Lipinski definition) is 0. The summed E-state index contributed by atoms with van der Waals surface area (Å²) in [6.07, 6.45) is 0. The van der Waals surface area contributed by atoms with Crippen molar-refractivity contribution in [3.8, 4) is 0 Å². The quantitative estimate of drug-likeness (QED) is 0.249. The van der Waals surface area contributed by atoms with E-state index in [1.807, 2.05) is 0 Å². The third-order valence-corrected chi connectivity index (χ3v) is 4.83. The Morgan fingerprint density at radius 2 is 1.26 bits per heavy atom. The summed E-state index contributed by atoms with van der Waals surface area (Å²) >= 11 is 0. The molecule has 4 aromatic carbocycles. The number of aryl methyl sites for hydroxylation is 1.